The second-order valence-corrected chi connectivity index (χ2v) is 14.8. The number of aliphatic hydroxyl groups excluding tert-OH is 5. The first-order valence-corrected chi connectivity index (χ1v) is 17.6. The van der Waals surface area contributed by atoms with Crippen molar-refractivity contribution in [1.29, 1.82) is 5.41 Å². The third kappa shape index (κ3) is 8.73. The van der Waals surface area contributed by atoms with E-state index < -0.39 is 116 Å². The second kappa shape index (κ2) is 16.9. The number of Topliss-reactive ketones (excluding diaryl/α,β-unsaturated/α-hetero) is 1. The lowest BCUT2D eigenvalue weighted by atomic mass is 9.65. The number of nitrogens with two attached hydrogens (primary N) is 6. The molecule has 0 radical (unpaired) electrons. The molecule has 5 fully saturated rings. The fourth-order valence-corrected chi connectivity index (χ4v) is 7.92. The van der Waals surface area contributed by atoms with Gasteiger partial charge in [0.1, 0.15) is 54.4 Å². The van der Waals surface area contributed by atoms with Crippen molar-refractivity contribution >= 4 is 11.6 Å². The van der Waals surface area contributed by atoms with E-state index in [9.17, 15) is 35.4 Å². The highest BCUT2D eigenvalue weighted by Crippen LogP contribution is 2.43. The minimum absolute atomic E-state index is 0.0358. The maximum atomic E-state index is 13.4. The Balaban J connectivity index is 1.33. The molecule has 3 aliphatic heterocycles. The number of hydrogen-bond acceptors (Lipinski definition) is 19. The lowest BCUT2D eigenvalue weighted by Crippen LogP contribution is -2.64. The number of hydrogen-bond donors (Lipinski definition) is 13. The number of carbonyl (C=O) groups excluding carboxylic acids is 1. The summed E-state index contributed by atoms with van der Waals surface area (Å²) in [5, 5.41) is 72.5. The van der Waals surface area contributed by atoms with Gasteiger partial charge in [0.05, 0.1) is 36.7 Å². The summed E-state index contributed by atoms with van der Waals surface area (Å²) in [7, 11) is 0. The maximum absolute atomic E-state index is 13.4. The Kier molecular flexibility index (Phi) is 13.4. The van der Waals surface area contributed by atoms with Gasteiger partial charge < -0.3 is 93.5 Å². The van der Waals surface area contributed by atoms with E-state index >= 15 is 0 Å². The van der Waals surface area contributed by atoms with Crippen LogP contribution in [0.1, 0.15) is 44.9 Å². The van der Waals surface area contributed by atoms with E-state index in [1.165, 1.54) is 0 Å². The van der Waals surface area contributed by atoms with Crippen LogP contribution in [0.15, 0.2) is 0 Å². The summed E-state index contributed by atoms with van der Waals surface area (Å²) in [6, 6.07) is -2.69. The van der Waals surface area contributed by atoms with Gasteiger partial charge in [-0.25, -0.2) is 0 Å². The van der Waals surface area contributed by atoms with Gasteiger partial charge >= 0.3 is 0 Å². The second-order valence-electron chi connectivity index (χ2n) is 14.8. The third-order valence-electron chi connectivity index (χ3n) is 11.0. The maximum Gasteiger partial charge on any atom is 0.187 e. The molecule has 2 aliphatic carbocycles. The van der Waals surface area contributed by atoms with Crippen LogP contribution in [0.4, 0.5) is 0 Å². The minimum Gasteiger partial charge on any atom is -0.394 e. The van der Waals surface area contributed by atoms with Gasteiger partial charge in [-0.05, 0) is 43.9 Å². The lowest BCUT2D eigenvalue weighted by Gasteiger charge is -2.48. The van der Waals surface area contributed by atoms with Crippen LogP contribution in [0.5, 0.6) is 0 Å². The van der Waals surface area contributed by atoms with Crippen molar-refractivity contribution in [3.05, 3.63) is 0 Å². The van der Waals surface area contributed by atoms with Crippen LogP contribution in [0.3, 0.4) is 0 Å². The summed E-state index contributed by atoms with van der Waals surface area (Å²) in [6.07, 6.45) is -14.7. The number of amidine groups is 1. The Morgan fingerprint density at radius 1 is 0.765 bits per heavy atom. The zero-order chi connectivity index (χ0) is 37.4. The van der Waals surface area contributed by atoms with Crippen LogP contribution in [0.25, 0.3) is 0 Å². The smallest absolute Gasteiger partial charge is 0.187 e. The zero-order valence-electron chi connectivity index (χ0n) is 28.5. The Morgan fingerprint density at radius 3 is 2.04 bits per heavy atom. The number of ether oxygens (including phenoxy) is 6. The Morgan fingerprint density at radius 2 is 1.41 bits per heavy atom. The van der Waals surface area contributed by atoms with Gasteiger partial charge in [-0.15, -0.1) is 0 Å². The van der Waals surface area contributed by atoms with Gasteiger partial charge in [0.2, 0.25) is 0 Å². The summed E-state index contributed by atoms with van der Waals surface area (Å²) in [4.78, 5) is 13.4. The van der Waals surface area contributed by atoms with Gasteiger partial charge in [-0.1, -0.05) is 0 Å². The highest BCUT2D eigenvalue weighted by molar-refractivity contribution is 5.89. The monoisotopic (exact) mass is 735 g/mol. The SMILES string of the molecule is N=C(N)CC1CC(O)(C(=O)C[C@@H]2C[C@H](N)[C@@H](O[C@H]3O[C@H](CN)CC[C@H]3N)[C@H](O[C@@H]3O[C@H](CO)[C@@H](O[C@H]4O[C@@H](CN)[C@@H](O)[C@H](O)[C@H]4N)[C@H]3O)[C@H]2O)C1. The molecule has 3 saturated heterocycles. The summed E-state index contributed by atoms with van der Waals surface area (Å²) < 4.78 is 35.9. The quantitative estimate of drug-likeness (QED) is 0.0583. The first-order chi connectivity index (χ1) is 24.1. The van der Waals surface area contributed by atoms with Crippen LogP contribution >= 0.6 is 0 Å². The molecule has 51 heavy (non-hydrogen) atoms. The van der Waals surface area contributed by atoms with Crippen molar-refractivity contribution in [3.8, 4) is 0 Å². The Hall–Kier alpha value is -1.54. The molecule has 20 heteroatoms. The molecule has 19 N–H and O–H groups in total. The molecule has 0 bridgehead atoms. The number of nitrogens with one attached hydrogen (secondary N) is 1. The molecule has 17 atom stereocenters. The molecule has 5 rings (SSSR count). The first-order valence-electron chi connectivity index (χ1n) is 17.6. The van der Waals surface area contributed by atoms with E-state index in [0.29, 0.717) is 12.8 Å². The van der Waals surface area contributed by atoms with E-state index in [1.807, 2.05) is 0 Å². The van der Waals surface area contributed by atoms with E-state index in [0.717, 1.165) is 0 Å². The van der Waals surface area contributed by atoms with E-state index in [1.54, 1.807) is 0 Å². The number of ketones is 1. The third-order valence-corrected chi connectivity index (χ3v) is 11.0. The summed E-state index contributed by atoms with van der Waals surface area (Å²) in [5.41, 5.74) is 34.4. The summed E-state index contributed by atoms with van der Waals surface area (Å²) >= 11 is 0. The molecule has 0 spiro atoms. The minimum atomic E-state index is -1.63. The number of aliphatic hydroxyl groups is 6. The highest BCUT2D eigenvalue weighted by Gasteiger charge is 2.55. The molecule has 20 nitrogen and oxygen atoms in total. The van der Waals surface area contributed by atoms with Crippen molar-refractivity contribution in [2.24, 2.45) is 46.2 Å². The van der Waals surface area contributed by atoms with Crippen LogP contribution in [0, 0.1) is 17.2 Å². The van der Waals surface area contributed by atoms with Gasteiger partial charge in [0, 0.05) is 32.0 Å². The Labute approximate surface area is 295 Å². The van der Waals surface area contributed by atoms with Gasteiger partial charge in [0.25, 0.3) is 0 Å². The van der Waals surface area contributed by atoms with Crippen LogP contribution in [-0.4, -0.2) is 166 Å². The molecule has 294 valence electrons. The number of rotatable bonds is 14. The molecule has 3 heterocycles. The normalized spacial score (nSPS) is 49.0. The molecular weight excluding hydrogens is 678 g/mol. The average molecular weight is 736 g/mol. The molecule has 5 aliphatic rings. The standard InChI is InChI=1S/C31H57N7O13/c32-8-13-1-2-14(34)28(46-13)49-25-15(35)4-12(5-18(40)31(45)6-11(7-31)3-19(36)37)21(41)27(25)51-30-24(44)26(17(10-39)48-30)50-29-20(38)23(43)22(42)16(9-33)47-29/h11-17,20-30,39,41-45H,1-10,32-35,38H2,(H3,36,37)/t11?,12-,13-,14+,15-,16-,17+,20+,21-,22+,23+,24+,25+,26+,27+,28+,29+,30-,31?/m0/s1. The molecule has 0 amide bonds. The van der Waals surface area contributed by atoms with Crippen molar-refractivity contribution in [2.45, 2.75) is 149 Å². The first kappa shape index (κ1) is 40.6. The molecule has 0 aromatic heterocycles. The van der Waals surface area contributed by atoms with Gasteiger partial charge in [0.15, 0.2) is 24.7 Å². The van der Waals surface area contributed by atoms with Crippen molar-refractivity contribution in [2.75, 3.05) is 19.7 Å². The molecular formula is C31H57N7O13. The summed E-state index contributed by atoms with van der Waals surface area (Å²) in [5.74, 6) is -1.47. The largest absolute Gasteiger partial charge is 0.394 e. The van der Waals surface area contributed by atoms with Crippen LogP contribution in [0.2, 0.25) is 0 Å². The molecule has 0 aromatic rings. The summed E-state index contributed by atoms with van der Waals surface area (Å²) in [6.45, 7) is -0.618. The lowest BCUT2D eigenvalue weighted by molar-refractivity contribution is -0.292. The van der Waals surface area contributed by atoms with E-state index in [-0.39, 0.29) is 63.1 Å². The van der Waals surface area contributed by atoms with Crippen molar-refractivity contribution < 1.29 is 63.9 Å². The van der Waals surface area contributed by atoms with Crippen LogP contribution < -0.4 is 34.4 Å². The van der Waals surface area contributed by atoms with E-state index in [2.05, 4.69) is 0 Å². The highest BCUT2D eigenvalue weighted by atomic mass is 16.8. The van der Waals surface area contributed by atoms with E-state index in [4.69, 9.17) is 68.2 Å². The van der Waals surface area contributed by atoms with Gasteiger partial charge in [-0.3, -0.25) is 10.2 Å². The fourth-order valence-electron chi connectivity index (χ4n) is 7.92. The number of carbonyl (C=O) groups is 1. The van der Waals surface area contributed by atoms with Gasteiger partial charge in [-0.2, -0.15) is 0 Å². The zero-order valence-corrected chi connectivity index (χ0v) is 28.5. The van der Waals surface area contributed by atoms with Crippen molar-refractivity contribution in [3.63, 3.8) is 0 Å². The van der Waals surface area contributed by atoms with Crippen LogP contribution in [-0.2, 0) is 33.2 Å². The average Bonchev–Trinajstić information content (AvgIpc) is 3.37. The molecule has 0 aromatic carbocycles. The fraction of sp³-hybridized carbons (Fsp3) is 0.935. The predicted octanol–water partition coefficient (Wildman–Crippen LogP) is -6.12. The van der Waals surface area contributed by atoms with Crippen molar-refractivity contribution in [1.82, 2.24) is 0 Å². The topological polar surface area (TPSA) is 374 Å². The molecule has 2 saturated carbocycles. The predicted molar refractivity (Wildman–Crippen MR) is 175 cm³/mol. The molecule has 0 unspecified atom stereocenters. The Bertz CT molecular complexity index is 1190.